The highest BCUT2D eigenvalue weighted by Crippen LogP contribution is 2.16. The first kappa shape index (κ1) is 16.1. The maximum Gasteiger partial charge on any atom is 0.345 e. The van der Waals surface area contributed by atoms with Gasteiger partial charge in [0, 0.05) is 12.5 Å². The summed E-state index contributed by atoms with van der Waals surface area (Å²) in [6.07, 6.45) is 2.01. The molecule has 0 saturated heterocycles. The molecule has 4 nitrogen and oxygen atoms in total. The second kappa shape index (κ2) is 6.48. The fourth-order valence-corrected chi connectivity index (χ4v) is 3.16. The molecule has 2 aromatic carbocycles. The molecule has 0 radical (unpaired) electrons. The van der Waals surface area contributed by atoms with Crippen molar-refractivity contribution in [2.24, 2.45) is 0 Å². The van der Waals surface area contributed by atoms with Crippen LogP contribution in [0, 0.1) is 6.92 Å². The Kier molecular flexibility index (Phi) is 4.01. The summed E-state index contributed by atoms with van der Waals surface area (Å²) in [6.45, 7) is 2.00. The fourth-order valence-electron chi connectivity index (χ4n) is 3.16. The highest BCUT2D eigenvalue weighted by atomic mass is 16.3. The first-order chi connectivity index (χ1) is 12.6. The number of rotatable bonds is 3. The molecule has 2 heterocycles. The Hall–Kier alpha value is -3.40. The predicted molar refractivity (Wildman–Crippen MR) is 98.6 cm³/mol. The van der Waals surface area contributed by atoms with E-state index >= 15 is 0 Å². The SMILES string of the molecule is Cc1ccc(-n2c(=O)c(Cc3ccccc3)c([O-])[n+]3ccccc23)cc1. The quantitative estimate of drug-likeness (QED) is 0.537. The predicted octanol–water partition coefficient (Wildman–Crippen LogP) is 2.55. The van der Waals surface area contributed by atoms with E-state index in [2.05, 4.69) is 0 Å². The summed E-state index contributed by atoms with van der Waals surface area (Å²) >= 11 is 0. The lowest BCUT2D eigenvalue weighted by Gasteiger charge is -2.14. The molecule has 26 heavy (non-hydrogen) atoms. The normalized spacial score (nSPS) is 11.0. The molecule has 4 aromatic rings. The van der Waals surface area contributed by atoms with Crippen LogP contribution in [0.15, 0.2) is 83.8 Å². The van der Waals surface area contributed by atoms with E-state index in [9.17, 15) is 9.90 Å². The first-order valence-corrected chi connectivity index (χ1v) is 8.51. The molecule has 0 saturated carbocycles. The number of aryl methyl sites for hydroxylation is 1. The molecule has 0 amide bonds. The van der Waals surface area contributed by atoms with Crippen LogP contribution in [-0.2, 0) is 6.42 Å². The zero-order chi connectivity index (χ0) is 18.1. The Morgan fingerprint density at radius 2 is 1.62 bits per heavy atom. The lowest BCUT2D eigenvalue weighted by molar-refractivity contribution is -0.588. The molecule has 0 atom stereocenters. The summed E-state index contributed by atoms with van der Waals surface area (Å²) in [7, 11) is 0. The summed E-state index contributed by atoms with van der Waals surface area (Å²) in [5.41, 5.74) is 3.35. The number of benzene rings is 2. The zero-order valence-corrected chi connectivity index (χ0v) is 14.4. The zero-order valence-electron chi connectivity index (χ0n) is 14.4. The van der Waals surface area contributed by atoms with Gasteiger partial charge in [-0.25, -0.2) is 9.20 Å². The molecule has 0 aliphatic carbocycles. The van der Waals surface area contributed by atoms with Gasteiger partial charge < -0.3 is 5.11 Å². The minimum Gasteiger partial charge on any atom is -0.842 e. The molecule has 128 valence electrons. The minimum absolute atomic E-state index is 0.264. The number of hydrogen-bond acceptors (Lipinski definition) is 2. The van der Waals surface area contributed by atoms with Crippen LogP contribution in [0.25, 0.3) is 11.3 Å². The standard InChI is InChI=1S/C22H18N2O2/c1-16-10-12-18(13-11-16)24-20-9-5-6-14-23(20)21(25)19(22(24)26)15-17-7-3-2-4-8-17/h2-14H,15H2,1H3. The van der Waals surface area contributed by atoms with Crippen molar-refractivity contribution in [2.45, 2.75) is 13.3 Å². The van der Waals surface area contributed by atoms with Crippen molar-refractivity contribution in [1.29, 1.82) is 0 Å². The van der Waals surface area contributed by atoms with Crippen LogP contribution < -0.4 is 15.1 Å². The van der Waals surface area contributed by atoms with Crippen molar-refractivity contribution >= 4 is 5.65 Å². The van der Waals surface area contributed by atoms with Crippen LogP contribution in [0.4, 0.5) is 0 Å². The van der Waals surface area contributed by atoms with Gasteiger partial charge in [0.15, 0.2) is 0 Å². The molecule has 0 fully saturated rings. The molecular weight excluding hydrogens is 324 g/mol. The lowest BCUT2D eigenvalue weighted by atomic mass is 10.1. The van der Waals surface area contributed by atoms with E-state index in [1.165, 1.54) is 0 Å². The van der Waals surface area contributed by atoms with Crippen LogP contribution >= 0.6 is 0 Å². The van der Waals surface area contributed by atoms with Crippen molar-refractivity contribution in [2.75, 3.05) is 0 Å². The average molecular weight is 342 g/mol. The third-order valence-corrected chi connectivity index (χ3v) is 4.52. The minimum atomic E-state index is -0.270. The average Bonchev–Trinajstić information content (AvgIpc) is 2.67. The highest BCUT2D eigenvalue weighted by Gasteiger charge is 2.20. The largest absolute Gasteiger partial charge is 0.842 e. The van der Waals surface area contributed by atoms with Gasteiger partial charge in [0.05, 0.1) is 17.6 Å². The Labute approximate surface area is 151 Å². The van der Waals surface area contributed by atoms with Gasteiger partial charge in [0.25, 0.3) is 5.65 Å². The maximum absolute atomic E-state index is 13.2. The monoisotopic (exact) mass is 342 g/mol. The summed E-state index contributed by atoms with van der Waals surface area (Å²) in [4.78, 5) is 13.2. The number of nitrogens with zero attached hydrogens (tertiary/aromatic N) is 2. The van der Waals surface area contributed by atoms with E-state index in [-0.39, 0.29) is 17.0 Å². The van der Waals surface area contributed by atoms with Crippen LogP contribution in [0.5, 0.6) is 5.88 Å². The molecule has 0 aliphatic heterocycles. The molecule has 0 N–H and O–H groups in total. The van der Waals surface area contributed by atoms with Gasteiger partial charge in [0.2, 0.25) is 0 Å². The Bertz CT molecular complexity index is 1130. The van der Waals surface area contributed by atoms with Gasteiger partial charge in [0.1, 0.15) is 5.69 Å². The smallest absolute Gasteiger partial charge is 0.345 e. The third kappa shape index (κ3) is 2.75. The fraction of sp³-hybridized carbons (Fsp3) is 0.0909. The molecule has 4 rings (SSSR count). The van der Waals surface area contributed by atoms with Gasteiger partial charge >= 0.3 is 5.56 Å². The van der Waals surface area contributed by atoms with Crippen LogP contribution in [0.1, 0.15) is 16.7 Å². The van der Waals surface area contributed by atoms with Crippen molar-refractivity contribution < 1.29 is 9.51 Å². The lowest BCUT2D eigenvalue weighted by Crippen LogP contribution is -2.39. The molecule has 4 heteroatoms. The number of pyridine rings is 1. The second-order valence-corrected chi connectivity index (χ2v) is 6.35. The van der Waals surface area contributed by atoms with E-state index in [0.29, 0.717) is 12.1 Å². The van der Waals surface area contributed by atoms with Gasteiger partial charge in [-0.1, -0.05) is 54.1 Å². The van der Waals surface area contributed by atoms with Crippen LogP contribution in [-0.4, -0.2) is 4.57 Å². The van der Waals surface area contributed by atoms with Crippen molar-refractivity contribution in [3.05, 3.63) is 106 Å². The van der Waals surface area contributed by atoms with E-state index in [1.54, 1.807) is 27.3 Å². The molecule has 0 unspecified atom stereocenters. The second-order valence-electron chi connectivity index (χ2n) is 6.35. The van der Waals surface area contributed by atoms with Gasteiger partial charge in [-0.2, -0.15) is 4.57 Å². The summed E-state index contributed by atoms with van der Waals surface area (Å²) in [6, 6.07) is 22.7. The molecule has 0 spiro atoms. The third-order valence-electron chi connectivity index (χ3n) is 4.52. The Balaban J connectivity index is 2.01. The van der Waals surface area contributed by atoms with Gasteiger partial charge in [-0.05, 0) is 30.7 Å². The summed E-state index contributed by atoms with van der Waals surface area (Å²) in [5, 5.41) is 12.9. The van der Waals surface area contributed by atoms with E-state index in [1.807, 2.05) is 67.6 Å². The summed E-state index contributed by atoms with van der Waals surface area (Å²) < 4.78 is 3.15. The van der Waals surface area contributed by atoms with Crippen molar-refractivity contribution in [1.82, 2.24) is 4.57 Å². The van der Waals surface area contributed by atoms with Gasteiger partial charge in [-0.15, -0.1) is 0 Å². The summed E-state index contributed by atoms with van der Waals surface area (Å²) in [5.74, 6) is -0.266. The first-order valence-electron chi connectivity index (χ1n) is 8.51. The number of hydrogen-bond donors (Lipinski definition) is 0. The van der Waals surface area contributed by atoms with Crippen LogP contribution in [0.2, 0.25) is 0 Å². The van der Waals surface area contributed by atoms with Crippen LogP contribution in [0.3, 0.4) is 0 Å². The van der Waals surface area contributed by atoms with E-state index in [0.717, 1.165) is 16.8 Å². The number of fused-ring (bicyclic) bond motifs is 1. The molecule has 0 aliphatic rings. The van der Waals surface area contributed by atoms with Crippen molar-refractivity contribution in [3.8, 4) is 11.6 Å². The Morgan fingerprint density at radius 1 is 0.923 bits per heavy atom. The van der Waals surface area contributed by atoms with Gasteiger partial charge in [-0.3, -0.25) is 0 Å². The molecular formula is C22H18N2O2. The molecule has 0 bridgehead atoms. The van der Waals surface area contributed by atoms with E-state index in [4.69, 9.17) is 0 Å². The van der Waals surface area contributed by atoms with E-state index < -0.39 is 0 Å². The topological polar surface area (TPSA) is 49.2 Å². The Morgan fingerprint density at radius 3 is 2.35 bits per heavy atom. The molecule has 2 aromatic heterocycles. The number of aromatic nitrogens is 2. The maximum atomic E-state index is 13.2. The highest BCUT2D eigenvalue weighted by molar-refractivity contribution is 5.47. The van der Waals surface area contributed by atoms with Crippen molar-refractivity contribution in [3.63, 3.8) is 0 Å².